The number of aryl methyl sites for hydroxylation is 2. The average molecular weight is 442 g/mol. The maximum Gasteiger partial charge on any atom is 0.224 e. The van der Waals surface area contributed by atoms with Crippen LogP contribution in [0.1, 0.15) is 43.7 Å². The second kappa shape index (κ2) is 10.8. The van der Waals surface area contributed by atoms with Crippen LogP contribution < -0.4 is 10.1 Å². The minimum Gasteiger partial charge on any atom is -0.494 e. The fraction of sp³-hybridized carbons (Fsp3) is 0.286. The number of H-pyrrole nitrogens is 1. The largest absolute Gasteiger partial charge is 0.494 e. The highest BCUT2D eigenvalue weighted by Gasteiger charge is 2.15. The lowest BCUT2D eigenvalue weighted by atomic mass is 10.0. The number of anilines is 1. The first-order chi connectivity index (χ1) is 16.1. The van der Waals surface area contributed by atoms with Gasteiger partial charge in [-0.05, 0) is 80.3 Å². The van der Waals surface area contributed by atoms with Gasteiger partial charge in [-0.15, -0.1) is 0 Å². The van der Waals surface area contributed by atoms with Gasteiger partial charge in [-0.1, -0.05) is 31.0 Å². The number of fused-ring (bicyclic) bond motifs is 1. The van der Waals surface area contributed by atoms with Crippen LogP contribution in [-0.4, -0.2) is 22.5 Å². The van der Waals surface area contributed by atoms with Crippen molar-refractivity contribution < 1.29 is 9.53 Å². The Morgan fingerprint density at radius 2 is 1.91 bits per heavy atom. The van der Waals surface area contributed by atoms with E-state index in [2.05, 4.69) is 47.3 Å². The third-order valence-corrected chi connectivity index (χ3v) is 5.72. The summed E-state index contributed by atoms with van der Waals surface area (Å²) in [6.07, 6.45) is 5.96. The van der Waals surface area contributed by atoms with Crippen LogP contribution >= 0.6 is 0 Å². The van der Waals surface area contributed by atoms with E-state index in [0.717, 1.165) is 60.6 Å². The van der Waals surface area contributed by atoms with Crippen LogP contribution in [-0.2, 0) is 11.2 Å². The van der Waals surface area contributed by atoms with Gasteiger partial charge in [0.1, 0.15) is 5.75 Å². The molecule has 4 aromatic rings. The number of rotatable bonds is 10. The molecule has 1 amide bonds. The molecule has 0 unspecified atom stereocenters. The van der Waals surface area contributed by atoms with Crippen LogP contribution in [0.3, 0.4) is 0 Å². The smallest absolute Gasteiger partial charge is 0.224 e. The van der Waals surface area contributed by atoms with Crippen LogP contribution in [0.25, 0.3) is 22.3 Å². The lowest BCUT2D eigenvalue weighted by Gasteiger charge is -2.09. The molecular weight excluding hydrogens is 410 g/mol. The first-order valence-electron chi connectivity index (χ1n) is 11.7. The summed E-state index contributed by atoms with van der Waals surface area (Å²) in [7, 11) is 0. The summed E-state index contributed by atoms with van der Waals surface area (Å²) in [5.41, 5.74) is 6.29. The highest BCUT2D eigenvalue weighted by Crippen LogP contribution is 2.31. The molecule has 0 aliphatic carbocycles. The zero-order valence-electron chi connectivity index (χ0n) is 19.4. The zero-order valence-corrected chi connectivity index (χ0v) is 19.4. The standard InChI is InChI=1S/C28H31N3O2/c1-3-4-18-33-22-14-12-21(13-15-22)30-27(32)10-7-8-23-24-19-20(2)11-16-25(24)31-28(23)26-9-5-6-17-29-26/h5-6,9,11-17,19,31H,3-4,7-8,10,18H2,1-2H3,(H,30,32). The molecule has 0 aliphatic rings. The van der Waals surface area contributed by atoms with Crippen LogP contribution in [0.4, 0.5) is 5.69 Å². The molecular formula is C28H31N3O2. The molecule has 2 heterocycles. The van der Waals surface area contributed by atoms with E-state index in [1.165, 1.54) is 16.5 Å². The van der Waals surface area contributed by atoms with Crippen LogP contribution in [0, 0.1) is 6.92 Å². The molecule has 0 atom stereocenters. The minimum atomic E-state index is 0.0186. The van der Waals surface area contributed by atoms with E-state index in [1.54, 1.807) is 0 Å². The number of carbonyl (C=O) groups excluding carboxylic acids is 1. The number of nitrogens with zero attached hydrogens (tertiary/aromatic N) is 1. The normalized spacial score (nSPS) is 11.0. The predicted octanol–water partition coefficient (Wildman–Crippen LogP) is 6.68. The fourth-order valence-electron chi connectivity index (χ4n) is 3.97. The number of benzene rings is 2. The van der Waals surface area contributed by atoms with Gasteiger partial charge in [0, 0.05) is 29.2 Å². The molecule has 2 N–H and O–H groups in total. The number of ether oxygens (including phenoxy) is 1. The average Bonchev–Trinajstić information content (AvgIpc) is 3.18. The number of aromatic nitrogens is 2. The van der Waals surface area contributed by atoms with Crippen LogP contribution in [0.15, 0.2) is 66.9 Å². The first-order valence-corrected chi connectivity index (χ1v) is 11.7. The number of hydrogen-bond acceptors (Lipinski definition) is 3. The molecule has 170 valence electrons. The highest BCUT2D eigenvalue weighted by molar-refractivity contribution is 5.92. The molecule has 4 rings (SSSR count). The Morgan fingerprint density at radius 3 is 2.67 bits per heavy atom. The Labute approximate surface area is 195 Å². The second-order valence-corrected chi connectivity index (χ2v) is 8.37. The van der Waals surface area contributed by atoms with Crippen LogP contribution in [0.5, 0.6) is 5.75 Å². The summed E-state index contributed by atoms with van der Waals surface area (Å²) in [6.45, 7) is 4.96. The van der Waals surface area contributed by atoms with Gasteiger partial charge in [0.25, 0.3) is 0 Å². The lowest BCUT2D eigenvalue weighted by molar-refractivity contribution is -0.116. The molecule has 2 aromatic heterocycles. The van der Waals surface area contributed by atoms with Gasteiger partial charge < -0.3 is 15.0 Å². The molecule has 33 heavy (non-hydrogen) atoms. The fourth-order valence-corrected chi connectivity index (χ4v) is 3.97. The molecule has 0 radical (unpaired) electrons. The van der Waals surface area contributed by atoms with Gasteiger partial charge >= 0.3 is 0 Å². The third-order valence-electron chi connectivity index (χ3n) is 5.72. The van der Waals surface area contributed by atoms with Gasteiger partial charge in [-0.2, -0.15) is 0 Å². The summed E-state index contributed by atoms with van der Waals surface area (Å²) in [4.78, 5) is 20.6. The van der Waals surface area contributed by atoms with Gasteiger partial charge in [-0.25, -0.2) is 0 Å². The van der Waals surface area contributed by atoms with Crippen molar-refractivity contribution in [1.29, 1.82) is 0 Å². The predicted molar refractivity (Wildman–Crippen MR) is 135 cm³/mol. The Morgan fingerprint density at radius 1 is 1.06 bits per heavy atom. The number of unbranched alkanes of at least 4 members (excludes halogenated alkanes) is 1. The molecule has 2 aromatic carbocycles. The maximum atomic E-state index is 12.5. The topological polar surface area (TPSA) is 67.0 Å². The molecule has 0 aliphatic heterocycles. The minimum absolute atomic E-state index is 0.0186. The third kappa shape index (κ3) is 5.80. The van der Waals surface area contributed by atoms with E-state index in [0.29, 0.717) is 6.42 Å². The van der Waals surface area contributed by atoms with Crippen molar-refractivity contribution in [3.8, 4) is 17.1 Å². The molecule has 0 bridgehead atoms. The molecule has 0 saturated heterocycles. The number of nitrogens with one attached hydrogen (secondary N) is 2. The van der Waals surface area contributed by atoms with Crippen molar-refractivity contribution in [2.75, 3.05) is 11.9 Å². The maximum absolute atomic E-state index is 12.5. The molecule has 0 fully saturated rings. The highest BCUT2D eigenvalue weighted by atomic mass is 16.5. The van der Waals surface area contributed by atoms with E-state index in [-0.39, 0.29) is 5.91 Å². The van der Waals surface area contributed by atoms with Crippen molar-refractivity contribution in [2.24, 2.45) is 0 Å². The number of aromatic amines is 1. The Hall–Kier alpha value is -3.60. The quantitative estimate of drug-likeness (QED) is 0.270. The van der Waals surface area contributed by atoms with E-state index < -0.39 is 0 Å². The van der Waals surface area contributed by atoms with Crippen molar-refractivity contribution in [3.05, 3.63) is 78.0 Å². The molecule has 0 spiro atoms. The Bertz CT molecular complexity index is 1200. The van der Waals surface area contributed by atoms with Crippen molar-refractivity contribution >= 4 is 22.5 Å². The first kappa shape index (κ1) is 22.6. The number of pyridine rings is 1. The SMILES string of the molecule is CCCCOc1ccc(NC(=O)CCCc2c(-c3ccccn3)[nH]c3ccc(C)cc23)cc1. The van der Waals surface area contributed by atoms with E-state index in [4.69, 9.17) is 4.74 Å². The Balaban J connectivity index is 1.39. The molecule has 5 heteroatoms. The molecule has 5 nitrogen and oxygen atoms in total. The van der Waals surface area contributed by atoms with Crippen molar-refractivity contribution in [1.82, 2.24) is 9.97 Å². The van der Waals surface area contributed by atoms with E-state index >= 15 is 0 Å². The van der Waals surface area contributed by atoms with Gasteiger partial charge in [0.2, 0.25) is 5.91 Å². The monoisotopic (exact) mass is 441 g/mol. The number of carbonyl (C=O) groups is 1. The van der Waals surface area contributed by atoms with Gasteiger partial charge in [0.05, 0.1) is 18.0 Å². The number of amides is 1. The van der Waals surface area contributed by atoms with Gasteiger partial charge in [-0.3, -0.25) is 9.78 Å². The number of hydrogen-bond donors (Lipinski definition) is 2. The zero-order chi connectivity index (χ0) is 23.0. The van der Waals surface area contributed by atoms with E-state index in [9.17, 15) is 4.79 Å². The lowest BCUT2D eigenvalue weighted by Crippen LogP contribution is -2.11. The Kier molecular flexibility index (Phi) is 7.40. The molecule has 0 saturated carbocycles. The second-order valence-electron chi connectivity index (χ2n) is 8.37. The van der Waals surface area contributed by atoms with Gasteiger partial charge in [0.15, 0.2) is 0 Å². The van der Waals surface area contributed by atoms with Crippen molar-refractivity contribution in [3.63, 3.8) is 0 Å². The summed E-state index contributed by atoms with van der Waals surface area (Å²) in [6, 6.07) is 19.9. The van der Waals surface area contributed by atoms with Crippen LogP contribution in [0.2, 0.25) is 0 Å². The van der Waals surface area contributed by atoms with E-state index in [1.807, 2.05) is 48.7 Å². The summed E-state index contributed by atoms with van der Waals surface area (Å²) in [5.74, 6) is 0.850. The summed E-state index contributed by atoms with van der Waals surface area (Å²) < 4.78 is 5.68. The summed E-state index contributed by atoms with van der Waals surface area (Å²) >= 11 is 0. The summed E-state index contributed by atoms with van der Waals surface area (Å²) in [5, 5.41) is 4.20. The van der Waals surface area contributed by atoms with Crippen molar-refractivity contribution in [2.45, 2.75) is 46.0 Å².